The summed E-state index contributed by atoms with van der Waals surface area (Å²) in [6, 6.07) is 7.52. The first-order chi connectivity index (χ1) is 5.61. The Morgan fingerprint density at radius 3 is 2.23 bits per heavy atom. The van der Waals surface area contributed by atoms with E-state index in [1.807, 2.05) is 24.3 Å². The van der Waals surface area contributed by atoms with E-state index >= 15 is 0 Å². The van der Waals surface area contributed by atoms with Gasteiger partial charge in [-0.25, -0.2) is 0 Å². The van der Waals surface area contributed by atoms with Gasteiger partial charge in [-0.05, 0) is 47.2 Å². The van der Waals surface area contributed by atoms with E-state index < -0.39 is 11.9 Å². The molecule has 0 aliphatic rings. The fourth-order valence-corrected chi connectivity index (χ4v) is 1.25. The van der Waals surface area contributed by atoms with Crippen molar-refractivity contribution in [1.82, 2.24) is 0 Å². The second-order valence-corrected chi connectivity index (χ2v) is 3.86. The van der Waals surface area contributed by atoms with Crippen LogP contribution in [0.1, 0.15) is 18.4 Å². The summed E-state index contributed by atoms with van der Waals surface area (Å²) < 4.78 is 1.12. The Morgan fingerprint density at radius 1 is 1.38 bits per heavy atom. The summed E-state index contributed by atoms with van der Waals surface area (Å²) in [5.74, 6) is -1.20. The molecule has 1 aromatic rings. The van der Waals surface area contributed by atoms with Gasteiger partial charge in [0.25, 0.3) is 0 Å². The van der Waals surface area contributed by atoms with Gasteiger partial charge in [-0.2, -0.15) is 0 Å². The molecule has 1 atom stereocenters. The van der Waals surface area contributed by atoms with Crippen molar-refractivity contribution in [2.24, 2.45) is 0 Å². The van der Waals surface area contributed by atoms with Gasteiger partial charge in [0.2, 0.25) is 0 Å². The van der Waals surface area contributed by atoms with E-state index in [9.17, 15) is 4.79 Å². The van der Waals surface area contributed by atoms with Crippen molar-refractivity contribution < 1.29 is 29.4 Å². The van der Waals surface area contributed by atoms with E-state index in [1.54, 1.807) is 6.92 Å². The fraction of sp³-hybridized carbons (Fsp3) is 0.222. The van der Waals surface area contributed by atoms with Crippen LogP contribution in [0.2, 0.25) is 0 Å². The zero-order valence-corrected chi connectivity index (χ0v) is 12.5. The first-order valence-electron chi connectivity index (χ1n) is 3.59. The van der Waals surface area contributed by atoms with Gasteiger partial charge in [-0.1, -0.05) is 12.1 Å². The molecule has 4 heteroatoms. The quantitative estimate of drug-likeness (QED) is 0.663. The summed E-state index contributed by atoms with van der Waals surface area (Å²) in [6.45, 7) is 1.69. The number of halogens is 1. The molecule has 0 aliphatic heterocycles. The molecule has 0 aromatic heterocycles. The standard InChI is InChI=1S/C9H9IO2.Zn/c1-6(9(11)12)7-2-4-8(10)5-3-7;/h2-6H,1H3,(H,11,12);. The summed E-state index contributed by atoms with van der Waals surface area (Å²) in [5, 5.41) is 8.70. The molecular formula is C9H9IO2Zn. The molecule has 1 rings (SSSR count). The Morgan fingerprint density at radius 2 is 1.85 bits per heavy atom. The molecule has 0 saturated heterocycles. The van der Waals surface area contributed by atoms with Crippen LogP contribution in [0.5, 0.6) is 0 Å². The number of carboxylic acid groups (broad SMARTS) is 1. The topological polar surface area (TPSA) is 37.3 Å². The van der Waals surface area contributed by atoms with E-state index in [4.69, 9.17) is 5.11 Å². The minimum absolute atomic E-state index is 0. The Kier molecular flexibility index (Phi) is 5.73. The van der Waals surface area contributed by atoms with Crippen LogP contribution in [-0.2, 0) is 24.3 Å². The van der Waals surface area contributed by atoms with Crippen molar-refractivity contribution in [3.05, 3.63) is 33.4 Å². The molecule has 0 amide bonds. The minimum atomic E-state index is -0.781. The monoisotopic (exact) mass is 340 g/mol. The molecule has 0 radical (unpaired) electrons. The molecule has 0 bridgehead atoms. The van der Waals surface area contributed by atoms with Crippen molar-refractivity contribution in [3.63, 3.8) is 0 Å². The van der Waals surface area contributed by atoms with Gasteiger partial charge in [-0.15, -0.1) is 0 Å². The van der Waals surface area contributed by atoms with E-state index in [-0.39, 0.29) is 19.5 Å². The smallest absolute Gasteiger partial charge is 0.310 e. The number of hydrogen-bond acceptors (Lipinski definition) is 1. The first-order valence-corrected chi connectivity index (χ1v) is 4.67. The van der Waals surface area contributed by atoms with Crippen LogP contribution >= 0.6 is 22.6 Å². The Hall–Kier alpha value is 0.0434. The maximum Gasteiger partial charge on any atom is 0.310 e. The largest absolute Gasteiger partial charge is 0.481 e. The van der Waals surface area contributed by atoms with Gasteiger partial charge in [0.1, 0.15) is 0 Å². The van der Waals surface area contributed by atoms with Crippen LogP contribution < -0.4 is 0 Å². The summed E-state index contributed by atoms with van der Waals surface area (Å²) in [4.78, 5) is 10.6. The third kappa shape index (κ3) is 3.73. The zero-order chi connectivity index (χ0) is 9.14. The third-order valence-electron chi connectivity index (χ3n) is 1.74. The molecule has 13 heavy (non-hydrogen) atoms. The van der Waals surface area contributed by atoms with Gasteiger partial charge in [0, 0.05) is 23.0 Å². The summed E-state index contributed by atoms with van der Waals surface area (Å²) >= 11 is 2.19. The van der Waals surface area contributed by atoms with Crippen molar-refractivity contribution in [2.45, 2.75) is 12.8 Å². The maximum absolute atomic E-state index is 10.6. The predicted octanol–water partition coefficient (Wildman–Crippen LogP) is 2.48. The molecule has 2 nitrogen and oxygen atoms in total. The molecular weight excluding hydrogens is 332 g/mol. The summed E-state index contributed by atoms with van der Waals surface area (Å²) in [7, 11) is 0. The Bertz CT molecular complexity index is 284. The third-order valence-corrected chi connectivity index (χ3v) is 2.46. The second kappa shape index (κ2) is 5.71. The van der Waals surface area contributed by atoms with E-state index in [1.165, 1.54) is 0 Å². The summed E-state index contributed by atoms with van der Waals surface area (Å²) in [5.41, 5.74) is 0.850. The van der Waals surface area contributed by atoms with E-state index in [0.717, 1.165) is 9.13 Å². The number of hydrogen-bond donors (Lipinski definition) is 1. The van der Waals surface area contributed by atoms with Gasteiger partial charge < -0.3 is 5.11 Å². The molecule has 0 heterocycles. The van der Waals surface area contributed by atoms with Crippen LogP contribution in [-0.4, -0.2) is 11.1 Å². The number of carboxylic acids is 1. The van der Waals surface area contributed by atoms with Crippen molar-refractivity contribution in [3.8, 4) is 0 Å². The summed E-state index contributed by atoms with van der Waals surface area (Å²) in [6.07, 6.45) is 0. The van der Waals surface area contributed by atoms with Crippen molar-refractivity contribution in [2.75, 3.05) is 0 Å². The fourth-order valence-electron chi connectivity index (χ4n) is 0.894. The molecule has 0 saturated carbocycles. The van der Waals surface area contributed by atoms with Gasteiger partial charge >= 0.3 is 5.97 Å². The zero-order valence-electron chi connectivity index (χ0n) is 7.33. The number of rotatable bonds is 2. The SMILES string of the molecule is CC(C(=O)O)c1ccc(I)cc1.[Zn]. The second-order valence-electron chi connectivity index (χ2n) is 2.61. The predicted molar refractivity (Wildman–Crippen MR) is 55.2 cm³/mol. The average Bonchev–Trinajstić information content (AvgIpc) is 2.04. The van der Waals surface area contributed by atoms with Crippen LogP contribution in [0.3, 0.4) is 0 Å². The molecule has 1 unspecified atom stereocenters. The van der Waals surface area contributed by atoms with Crippen LogP contribution in [0, 0.1) is 3.57 Å². The molecule has 0 fully saturated rings. The van der Waals surface area contributed by atoms with Gasteiger partial charge in [0.15, 0.2) is 0 Å². The maximum atomic E-state index is 10.6. The molecule has 1 N–H and O–H groups in total. The van der Waals surface area contributed by atoms with Gasteiger partial charge in [0.05, 0.1) is 5.92 Å². The number of aliphatic carboxylic acids is 1. The Balaban J connectivity index is 0.00000144. The molecule has 0 aliphatic carbocycles. The normalized spacial score (nSPS) is 11.5. The van der Waals surface area contributed by atoms with Crippen molar-refractivity contribution in [1.29, 1.82) is 0 Å². The number of carbonyl (C=O) groups is 1. The number of benzene rings is 1. The van der Waals surface area contributed by atoms with Gasteiger partial charge in [-0.3, -0.25) is 4.79 Å². The first kappa shape index (κ1) is 13.0. The van der Waals surface area contributed by atoms with Crippen LogP contribution in [0.15, 0.2) is 24.3 Å². The average molecular weight is 341 g/mol. The van der Waals surface area contributed by atoms with Crippen molar-refractivity contribution >= 4 is 28.6 Å². The Labute approximate surface area is 104 Å². The van der Waals surface area contributed by atoms with E-state index in [0.29, 0.717) is 0 Å². The van der Waals surface area contributed by atoms with Crippen LogP contribution in [0.4, 0.5) is 0 Å². The molecule has 1 aromatic carbocycles. The molecule has 0 spiro atoms. The molecule has 66 valence electrons. The van der Waals surface area contributed by atoms with E-state index in [2.05, 4.69) is 22.6 Å². The minimum Gasteiger partial charge on any atom is -0.481 e. The van der Waals surface area contributed by atoms with Crippen LogP contribution in [0.25, 0.3) is 0 Å².